The minimum Gasteiger partial charge on any atom is -0.385 e. The predicted molar refractivity (Wildman–Crippen MR) is 67.6 cm³/mol. The van der Waals surface area contributed by atoms with Crippen molar-refractivity contribution in [3.05, 3.63) is 71.8 Å². The molecule has 0 bridgehead atoms. The van der Waals surface area contributed by atoms with E-state index in [0.717, 1.165) is 11.1 Å². The van der Waals surface area contributed by atoms with Crippen molar-refractivity contribution >= 4 is 0 Å². The highest BCUT2D eigenvalue weighted by molar-refractivity contribution is 5.24. The summed E-state index contributed by atoms with van der Waals surface area (Å²) >= 11 is 0. The van der Waals surface area contributed by atoms with Gasteiger partial charge in [-0.1, -0.05) is 60.7 Å². The third-order valence-electron chi connectivity index (χ3n) is 2.81. The van der Waals surface area contributed by atoms with Crippen molar-refractivity contribution < 1.29 is 9.84 Å². The zero-order valence-electron chi connectivity index (χ0n) is 9.78. The van der Waals surface area contributed by atoms with Crippen molar-refractivity contribution in [3.63, 3.8) is 0 Å². The highest BCUT2D eigenvalue weighted by Gasteiger charge is 2.21. The molecule has 2 atom stereocenters. The van der Waals surface area contributed by atoms with Crippen LogP contribution in [0.5, 0.6) is 0 Å². The van der Waals surface area contributed by atoms with Crippen LogP contribution >= 0.6 is 0 Å². The Morgan fingerprint density at radius 3 is 1.76 bits per heavy atom. The predicted octanol–water partition coefficient (Wildman–Crippen LogP) is 3.11. The zero-order chi connectivity index (χ0) is 12.1. The molecule has 0 aliphatic carbocycles. The molecule has 2 rings (SSSR count). The van der Waals surface area contributed by atoms with E-state index in [0.29, 0.717) is 0 Å². The molecule has 0 radical (unpaired) electrons. The van der Waals surface area contributed by atoms with Gasteiger partial charge in [0.25, 0.3) is 0 Å². The topological polar surface area (TPSA) is 29.5 Å². The van der Waals surface area contributed by atoms with Crippen LogP contribution in [0.3, 0.4) is 0 Å². The first-order chi connectivity index (χ1) is 8.33. The molecule has 0 heterocycles. The lowest BCUT2D eigenvalue weighted by Gasteiger charge is -2.22. The standard InChI is InChI=1S/C15H16O2/c1-17-15(13-10-6-3-7-11-13)14(16)12-8-4-2-5-9-12/h2-11,14-16H,1H3/t14-,15-/m1/s1. The van der Waals surface area contributed by atoms with Gasteiger partial charge in [-0.25, -0.2) is 0 Å². The summed E-state index contributed by atoms with van der Waals surface area (Å²) in [5.41, 5.74) is 1.84. The van der Waals surface area contributed by atoms with Crippen LogP contribution in [0.15, 0.2) is 60.7 Å². The maximum Gasteiger partial charge on any atom is 0.112 e. The van der Waals surface area contributed by atoms with Gasteiger partial charge < -0.3 is 9.84 Å². The molecule has 0 saturated heterocycles. The minimum absolute atomic E-state index is 0.335. The van der Waals surface area contributed by atoms with E-state index in [2.05, 4.69) is 0 Å². The quantitative estimate of drug-likeness (QED) is 0.871. The van der Waals surface area contributed by atoms with Gasteiger partial charge in [-0.3, -0.25) is 0 Å². The molecular formula is C15H16O2. The van der Waals surface area contributed by atoms with Crippen LogP contribution in [-0.4, -0.2) is 12.2 Å². The average Bonchev–Trinajstić information content (AvgIpc) is 2.42. The Bertz CT molecular complexity index is 439. The smallest absolute Gasteiger partial charge is 0.112 e. The van der Waals surface area contributed by atoms with Crippen LogP contribution in [0.25, 0.3) is 0 Å². The normalized spacial score (nSPS) is 14.2. The lowest BCUT2D eigenvalue weighted by molar-refractivity contribution is -0.0149. The molecule has 2 aromatic carbocycles. The second kappa shape index (κ2) is 5.62. The molecule has 2 aromatic rings. The van der Waals surface area contributed by atoms with Crippen molar-refractivity contribution in [1.82, 2.24) is 0 Å². The Morgan fingerprint density at radius 2 is 1.29 bits per heavy atom. The van der Waals surface area contributed by atoms with E-state index in [1.54, 1.807) is 7.11 Å². The number of hydrogen-bond acceptors (Lipinski definition) is 2. The summed E-state index contributed by atoms with van der Waals surface area (Å²) in [6.07, 6.45) is -0.984. The van der Waals surface area contributed by atoms with E-state index in [1.807, 2.05) is 60.7 Å². The third-order valence-corrected chi connectivity index (χ3v) is 2.81. The van der Waals surface area contributed by atoms with Crippen LogP contribution in [0.2, 0.25) is 0 Å². The second-order valence-corrected chi connectivity index (χ2v) is 3.92. The van der Waals surface area contributed by atoms with Crippen LogP contribution in [0.4, 0.5) is 0 Å². The monoisotopic (exact) mass is 228 g/mol. The van der Waals surface area contributed by atoms with E-state index in [4.69, 9.17) is 4.74 Å². The number of ether oxygens (including phenoxy) is 1. The SMILES string of the molecule is CO[C@H](c1ccccc1)[C@H](O)c1ccccc1. The van der Waals surface area contributed by atoms with Gasteiger partial charge in [0.05, 0.1) is 0 Å². The maximum absolute atomic E-state index is 10.3. The lowest BCUT2D eigenvalue weighted by Crippen LogP contribution is -2.12. The molecule has 0 spiro atoms. The Labute approximate surface area is 101 Å². The Hall–Kier alpha value is -1.64. The van der Waals surface area contributed by atoms with E-state index in [1.165, 1.54) is 0 Å². The molecule has 2 heteroatoms. The molecule has 0 unspecified atom stereocenters. The van der Waals surface area contributed by atoms with Crippen LogP contribution in [0, 0.1) is 0 Å². The van der Waals surface area contributed by atoms with Crippen LogP contribution in [-0.2, 0) is 4.74 Å². The van der Waals surface area contributed by atoms with E-state index in [-0.39, 0.29) is 6.10 Å². The van der Waals surface area contributed by atoms with E-state index in [9.17, 15) is 5.11 Å². The molecule has 17 heavy (non-hydrogen) atoms. The molecule has 0 aliphatic heterocycles. The Morgan fingerprint density at radius 1 is 0.824 bits per heavy atom. The first-order valence-electron chi connectivity index (χ1n) is 5.63. The lowest BCUT2D eigenvalue weighted by atomic mass is 9.98. The first kappa shape index (κ1) is 11.8. The molecule has 0 saturated carbocycles. The molecule has 1 N–H and O–H groups in total. The number of benzene rings is 2. The Kier molecular flexibility index (Phi) is 3.91. The van der Waals surface area contributed by atoms with Crippen molar-refractivity contribution in [1.29, 1.82) is 0 Å². The van der Waals surface area contributed by atoms with Gasteiger partial charge in [-0.15, -0.1) is 0 Å². The second-order valence-electron chi connectivity index (χ2n) is 3.92. The summed E-state index contributed by atoms with van der Waals surface area (Å²) < 4.78 is 5.40. The van der Waals surface area contributed by atoms with Gasteiger partial charge in [0.1, 0.15) is 12.2 Å². The van der Waals surface area contributed by atoms with Crippen molar-refractivity contribution in [2.75, 3.05) is 7.11 Å². The molecule has 0 aromatic heterocycles. The molecular weight excluding hydrogens is 212 g/mol. The summed E-state index contributed by atoms with van der Waals surface area (Å²) in [6.45, 7) is 0. The van der Waals surface area contributed by atoms with Gasteiger partial charge in [0.15, 0.2) is 0 Å². The average molecular weight is 228 g/mol. The Balaban J connectivity index is 2.25. The first-order valence-corrected chi connectivity index (χ1v) is 5.63. The fourth-order valence-corrected chi connectivity index (χ4v) is 1.91. The van der Waals surface area contributed by atoms with Gasteiger partial charge in [0, 0.05) is 7.11 Å². The maximum atomic E-state index is 10.3. The summed E-state index contributed by atoms with van der Waals surface area (Å²) in [5, 5.41) is 10.3. The third kappa shape index (κ3) is 2.73. The zero-order valence-corrected chi connectivity index (χ0v) is 9.78. The van der Waals surface area contributed by atoms with Crippen LogP contribution in [0.1, 0.15) is 23.3 Å². The summed E-state index contributed by atoms with van der Waals surface area (Å²) in [5.74, 6) is 0. The van der Waals surface area contributed by atoms with Gasteiger partial charge in [-0.05, 0) is 11.1 Å². The molecule has 2 nitrogen and oxygen atoms in total. The highest BCUT2D eigenvalue weighted by Crippen LogP contribution is 2.30. The molecule has 0 amide bonds. The minimum atomic E-state index is -0.649. The van der Waals surface area contributed by atoms with E-state index < -0.39 is 6.10 Å². The summed E-state index contributed by atoms with van der Waals surface area (Å²) in [7, 11) is 1.61. The van der Waals surface area contributed by atoms with Gasteiger partial charge in [-0.2, -0.15) is 0 Å². The van der Waals surface area contributed by atoms with Crippen molar-refractivity contribution in [3.8, 4) is 0 Å². The van der Waals surface area contributed by atoms with Crippen LogP contribution < -0.4 is 0 Å². The number of hydrogen-bond donors (Lipinski definition) is 1. The fraction of sp³-hybridized carbons (Fsp3) is 0.200. The number of aliphatic hydroxyl groups excluding tert-OH is 1. The largest absolute Gasteiger partial charge is 0.385 e. The van der Waals surface area contributed by atoms with Crippen molar-refractivity contribution in [2.45, 2.75) is 12.2 Å². The van der Waals surface area contributed by atoms with Gasteiger partial charge in [0.2, 0.25) is 0 Å². The molecule has 88 valence electrons. The highest BCUT2D eigenvalue weighted by atomic mass is 16.5. The number of aliphatic hydroxyl groups is 1. The molecule has 0 fully saturated rings. The van der Waals surface area contributed by atoms with Gasteiger partial charge >= 0.3 is 0 Å². The molecule has 0 aliphatic rings. The number of rotatable bonds is 4. The van der Waals surface area contributed by atoms with Crippen molar-refractivity contribution in [2.24, 2.45) is 0 Å². The summed E-state index contributed by atoms with van der Waals surface area (Å²) in [4.78, 5) is 0. The fourth-order valence-electron chi connectivity index (χ4n) is 1.91. The van der Waals surface area contributed by atoms with E-state index >= 15 is 0 Å². The summed E-state index contributed by atoms with van der Waals surface area (Å²) in [6, 6.07) is 19.3. The number of methoxy groups -OCH3 is 1.